The van der Waals surface area contributed by atoms with Crippen molar-refractivity contribution >= 4 is 16.9 Å². The highest BCUT2D eigenvalue weighted by Gasteiger charge is 2.19. The van der Waals surface area contributed by atoms with Gasteiger partial charge in [-0.15, -0.1) is 0 Å². The molecule has 0 aliphatic heterocycles. The molecule has 0 saturated carbocycles. The van der Waals surface area contributed by atoms with Crippen molar-refractivity contribution in [1.82, 2.24) is 25.3 Å². The molecule has 0 aromatic carbocycles. The molecule has 9 heteroatoms. The van der Waals surface area contributed by atoms with Crippen LogP contribution >= 0.6 is 0 Å². The Morgan fingerprint density at radius 1 is 1.16 bits per heavy atom. The second-order valence-electron chi connectivity index (χ2n) is 6.42. The zero-order valence-corrected chi connectivity index (χ0v) is 15.1. The molecule has 0 radical (unpaired) electrons. The third-order valence-electron chi connectivity index (χ3n) is 3.68. The van der Waals surface area contributed by atoms with E-state index >= 15 is 0 Å². The standard InChI is InChI=1S/C16H22N6O3/c1-9(2)7-23-11(4)14-19-12(24-21-14)6-22(5)15-13-10(3)20-25-16(13)18-8-17-15/h8-9,11H,6-7H2,1-5H3/t11-/m1/s1. The summed E-state index contributed by atoms with van der Waals surface area (Å²) in [5.74, 6) is 2.18. The second-order valence-corrected chi connectivity index (χ2v) is 6.42. The number of aryl methyl sites for hydroxylation is 1. The highest BCUT2D eigenvalue weighted by molar-refractivity contribution is 5.87. The number of hydrogen-bond acceptors (Lipinski definition) is 9. The molecule has 0 fully saturated rings. The van der Waals surface area contributed by atoms with Crippen molar-refractivity contribution in [2.75, 3.05) is 18.6 Å². The van der Waals surface area contributed by atoms with Crippen LogP contribution in [0.1, 0.15) is 44.3 Å². The summed E-state index contributed by atoms with van der Waals surface area (Å²) in [6.45, 7) is 9.01. The second kappa shape index (κ2) is 7.14. The van der Waals surface area contributed by atoms with Gasteiger partial charge in [-0.25, -0.2) is 4.98 Å². The van der Waals surface area contributed by atoms with Gasteiger partial charge in [0.25, 0.3) is 5.71 Å². The van der Waals surface area contributed by atoms with E-state index in [1.54, 1.807) is 0 Å². The zero-order valence-electron chi connectivity index (χ0n) is 15.1. The molecule has 0 saturated heterocycles. The van der Waals surface area contributed by atoms with Crippen LogP contribution < -0.4 is 4.90 Å². The van der Waals surface area contributed by atoms with Gasteiger partial charge < -0.3 is 18.7 Å². The Morgan fingerprint density at radius 2 is 1.96 bits per heavy atom. The largest absolute Gasteiger partial charge is 0.370 e. The molecule has 3 aromatic heterocycles. The molecule has 0 unspecified atom stereocenters. The lowest BCUT2D eigenvalue weighted by atomic mass is 10.2. The Labute approximate surface area is 145 Å². The van der Waals surface area contributed by atoms with Crippen LogP contribution in [0, 0.1) is 12.8 Å². The number of anilines is 1. The minimum absolute atomic E-state index is 0.212. The molecule has 0 amide bonds. The molecule has 0 aliphatic carbocycles. The summed E-state index contributed by atoms with van der Waals surface area (Å²) < 4.78 is 16.2. The van der Waals surface area contributed by atoms with Gasteiger partial charge in [0, 0.05) is 13.7 Å². The Balaban J connectivity index is 1.73. The minimum Gasteiger partial charge on any atom is -0.370 e. The fourth-order valence-corrected chi connectivity index (χ4v) is 2.38. The van der Waals surface area contributed by atoms with Crippen LogP contribution in [0.3, 0.4) is 0 Å². The summed E-state index contributed by atoms with van der Waals surface area (Å²) in [5.41, 5.74) is 1.19. The smallest absolute Gasteiger partial charge is 0.263 e. The van der Waals surface area contributed by atoms with Crippen LogP contribution in [-0.4, -0.2) is 38.9 Å². The Morgan fingerprint density at radius 3 is 2.72 bits per heavy atom. The monoisotopic (exact) mass is 346 g/mol. The Kier molecular flexibility index (Phi) is 4.93. The number of rotatable bonds is 7. The molecule has 1 atom stereocenters. The van der Waals surface area contributed by atoms with E-state index < -0.39 is 0 Å². The van der Waals surface area contributed by atoms with Crippen LogP contribution in [0.5, 0.6) is 0 Å². The maximum absolute atomic E-state index is 5.72. The van der Waals surface area contributed by atoms with Gasteiger partial charge in [-0.1, -0.05) is 24.2 Å². The Hall–Kier alpha value is -2.55. The van der Waals surface area contributed by atoms with Crippen molar-refractivity contribution in [3.63, 3.8) is 0 Å². The van der Waals surface area contributed by atoms with Crippen LogP contribution in [0.2, 0.25) is 0 Å². The fraction of sp³-hybridized carbons (Fsp3) is 0.562. The fourth-order valence-electron chi connectivity index (χ4n) is 2.38. The van der Waals surface area contributed by atoms with Gasteiger partial charge in [-0.2, -0.15) is 9.97 Å². The van der Waals surface area contributed by atoms with Gasteiger partial charge >= 0.3 is 0 Å². The molecule has 9 nitrogen and oxygen atoms in total. The summed E-state index contributed by atoms with van der Waals surface area (Å²) in [5, 5.41) is 8.72. The molecule has 134 valence electrons. The first-order valence-electron chi connectivity index (χ1n) is 8.18. The van der Waals surface area contributed by atoms with Crippen molar-refractivity contribution in [3.05, 3.63) is 23.7 Å². The van der Waals surface area contributed by atoms with E-state index in [0.717, 1.165) is 11.1 Å². The summed E-state index contributed by atoms with van der Waals surface area (Å²) in [4.78, 5) is 14.7. The predicted octanol–water partition coefficient (Wildman–Crippen LogP) is 2.68. The van der Waals surface area contributed by atoms with Crippen LogP contribution in [0.15, 0.2) is 15.4 Å². The molecule has 0 aliphatic rings. The van der Waals surface area contributed by atoms with Gasteiger partial charge in [-0.05, 0) is 19.8 Å². The highest BCUT2D eigenvalue weighted by Crippen LogP contribution is 2.26. The van der Waals surface area contributed by atoms with Crippen molar-refractivity contribution in [3.8, 4) is 0 Å². The van der Waals surface area contributed by atoms with E-state index in [-0.39, 0.29) is 6.10 Å². The predicted molar refractivity (Wildman–Crippen MR) is 89.9 cm³/mol. The molecule has 3 heterocycles. The van der Waals surface area contributed by atoms with E-state index in [4.69, 9.17) is 13.8 Å². The minimum atomic E-state index is -0.212. The normalized spacial score (nSPS) is 12.9. The van der Waals surface area contributed by atoms with E-state index in [2.05, 4.69) is 39.1 Å². The molecule has 25 heavy (non-hydrogen) atoms. The lowest BCUT2D eigenvalue weighted by Crippen LogP contribution is -2.18. The van der Waals surface area contributed by atoms with Crippen molar-refractivity contribution < 1.29 is 13.8 Å². The molecular weight excluding hydrogens is 324 g/mol. The lowest BCUT2D eigenvalue weighted by molar-refractivity contribution is 0.0402. The summed E-state index contributed by atoms with van der Waals surface area (Å²) in [6.07, 6.45) is 1.23. The first-order chi connectivity index (χ1) is 12.0. The topological polar surface area (TPSA) is 103 Å². The summed E-state index contributed by atoms with van der Waals surface area (Å²) in [6, 6.07) is 0. The van der Waals surface area contributed by atoms with Gasteiger partial charge in [0.05, 0.1) is 12.2 Å². The molecule has 3 rings (SSSR count). The average Bonchev–Trinajstić information content (AvgIpc) is 3.20. The zero-order chi connectivity index (χ0) is 18.0. The molecule has 3 aromatic rings. The highest BCUT2D eigenvalue weighted by atomic mass is 16.5. The van der Waals surface area contributed by atoms with Crippen molar-refractivity contribution in [2.45, 2.75) is 40.3 Å². The third kappa shape index (κ3) is 3.76. The van der Waals surface area contributed by atoms with Crippen molar-refractivity contribution in [1.29, 1.82) is 0 Å². The number of aromatic nitrogens is 5. The van der Waals surface area contributed by atoms with Crippen molar-refractivity contribution in [2.24, 2.45) is 5.92 Å². The SMILES string of the molecule is Cc1noc2ncnc(N(C)Cc3nc([C@@H](C)OCC(C)C)no3)c12. The number of ether oxygens (including phenoxy) is 1. The van der Waals surface area contributed by atoms with Crippen LogP contribution in [0.4, 0.5) is 5.82 Å². The third-order valence-corrected chi connectivity index (χ3v) is 3.68. The molecular formula is C16H22N6O3. The van der Waals surface area contributed by atoms with Gasteiger partial charge in [0.15, 0.2) is 5.82 Å². The number of fused-ring (bicyclic) bond motifs is 1. The average molecular weight is 346 g/mol. The Bertz CT molecular complexity index is 843. The van der Waals surface area contributed by atoms with Gasteiger partial charge in [0.2, 0.25) is 5.89 Å². The first kappa shape index (κ1) is 17.3. The number of hydrogen-bond donors (Lipinski definition) is 0. The van der Waals surface area contributed by atoms with Gasteiger partial charge in [-0.3, -0.25) is 0 Å². The molecule has 0 spiro atoms. The quantitative estimate of drug-likeness (QED) is 0.638. The summed E-state index contributed by atoms with van der Waals surface area (Å²) in [7, 11) is 1.89. The van der Waals surface area contributed by atoms with E-state index in [9.17, 15) is 0 Å². The maximum Gasteiger partial charge on any atom is 0.263 e. The lowest BCUT2D eigenvalue weighted by Gasteiger charge is -2.15. The molecule has 0 bridgehead atoms. The number of nitrogens with zero attached hydrogens (tertiary/aromatic N) is 6. The summed E-state index contributed by atoms with van der Waals surface area (Å²) >= 11 is 0. The molecule has 0 N–H and O–H groups in total. The van der Waals surface area contributed by atoms with E-state index in [0.29, 0.717) is 42.3 Å². The first-order valence-corrected chi connectivity index (χ1v) is 8.18. The van der Waals surface area contributed by atoms with Gasteiger partial charge in [0.1, 0.15) is 23.6 Å². The van der Waals surface area contributed by atoms with E-state index in [1.165, 1.54) is 6.33 Å². The maximum atomic E-state index is 5.72. The van der Waals surface area contributed by atoms with Crippen LogP contribution in [-0.2, 0) is 11.3 Å². The van der Waals surface area contributed by atoms with Crippen LogP contribution in [0.25, 0.3) is 11.1 Å². The van der Waals surface area contributed by atoms with E-state index in [1.807, 2.05) is 25.8 Å².